The van der Waals surface area contributed by atoms with Crippen LogP contribution in [0.2, 0.25) is 0 Å². The Balaban J connectivity index is 1.67. The van der Waals surface area contributed by atoms with Crippen molar-refractivity contribution in [2.45, 2.75) is 37.3 Å². The first-order valence-electron chi connectivity index (χ1n) is 12.4. The summed E-state index contributed by atoms with van der Waals surface area (Å²) in [6.45, 7) is 0.576. The Morgan fingerprint density at radius 1 is 0.842 bits per heavy atom. The molecule has 38 heavy (non-hydrogen) atoms. The minimum Gasteiger partial charge on any atom is -0.481 e. The predicted octanol–water partition coefficient (Wildman–Crippen LogP) is 6.93. The number of rotatable bonds is 8. The topological polar surface area (TPSA) is 52.6 Å². The van der Waals surface area contributed by atoms with E-state index in [4.69, 9.17) is 0 Å². The number of carbonyl (C=O) groups is 1. The maximum absolute atomic E-state index is 13.4. The third kappa shape index (κ3) is 4.89. The van der Waals surface area contributed by atoms with Gasteiger partial charge >= 0.3 is 12.1 Å². The zero-order valence-corrected chi connectivity index (χ0v) is 20.5. The van der Waals surface area contributed by atoms with Gasteiger partial charge in [-0.1, -0.05) is 97.1 Å². The van der Waals surface area contributed by atoms with E-state index in [2.05, 4.69) is 10.2 Å². The van der Waals surface area contributed by atoms with Crippen molar-refractivity contribution in [1.29, 1.82) is 0 Å². The molecule has 0 bridgehead atoms. The Kier molecular flexibility index (Phi) is 6.95. The number of hydrogen-bond acceptors (Lipinski definition) is 3. The monoisotopic (exact) mass is 516 g/mol. The molecule has 0 radical (unpaired) electrons. The number of nitrogens with zero attached hydrogens (tertiary/aromatic N) is 1. The molecule has 0 saturated carbocycles. The molecule has 1 aliphatic heterocycles. The molecule has 0 amide bonds. The Bertz CT molecular complexity index is 1410. The van der Waals surface area contributed by atoms with Crippen LogP contribution in [0.5, 0.6) is 0 Å². The zero-order valence-electron chi connectivity index (χ0n) is 20.5. The fraction of sp³-hybridized carbons (Fsp3) is 0.194. The van der Waals surface area contributed by atoms with Crippen molar-refractivity contribution in [2.75, 3.05) is 4.90 Å². The van der Waals surface area contributed by atoms with E-state index in [0.717, 1.165) is 34.5 Å². The van der Waals surface area contributed by atoms with E-state index in [1.54, 1.807) is 6.07 Å². The van der Waals surface area contributed by atoms with Gasteiger partial charge in [-0.05, 0) is 34.4 Å². The summed E-state index contributed by atoms with van der Waals surface area (Å²) in [5.74, 6) is -1.46. The van der Waals surface area contributed by atoms with Gasteiger partial charge in [-0.25, -0.2) is 0 Å². The molecule has 4 nitrogen and oxygen atoms in total. The maximum Gasteiger partial charge on any atom is 0.416 e. The lowest BCUT2D eigenvalue weighted by atomic mass is 9.81. The summed E-state index contributed by atoms with van der Waals surface area (Å²) in [6, 6.07) is 32.4. The largest absolute Gasteiger partial charge is 0.481 e. The van der Waals surface area contributed by atoms with Gasteiger partial charge in [-0.3, -0.25) is 10.1 Å². The van der Waals surface area contributed by atoms with E-state index in [0.29, 0.717) is 12.1 Å². The summed E-state index contributed by atoms with van der Waals surface area (Å²) < 4.78 is 40.3. The molecule has 7 heteroatoms. The normalized spacial score (nSPS) is 18.8. The third-order valence-corrected chi connectivity index (χ3v) is 7.13. The van der Waals surface area contributed by atoms with Crippen LogP contribution in [-0.4, -0.2) is 11.1 Å². The first kappa shape index (κ1) is 25.5. The molecule has 0 aliphatic carbocycles. The molecule has 194 valence electrons. The Labute approximate surface area is 219 Å². The number of hydrogen-bond donors (Lipinski definition) is 2. The van der Waals surface area contributed by atoms with Crippen LogP contribution in [0.1, 0.15) is 40.2 Å². The molecule has 1 aliphatic rings. The fourth-order valence-electron chi connectivity index (χ4n) is 5.50. The first-order valence-corrected chi connectivity index (χ1v) is 12.4. The van der Waals surface area contributed by atoms with Crippen LogP contribution in [0.3, 0.4) is 0 Å². The first-order chi connectivity index (χ1) is 18.3. The van der Waals surface area contributed by atoms with E-state index >= 15 is 0 Å². The van der Waals surface area contributed by atoms with Crippen molar-refractivity contribution in [2.24, 2.45) is 0 Å². The maximum atomic E-state index is 13.4. The highest BCUT2D eigenvalue weighted by molar-refractivity contribution is 5.74. The van der Waals surface area contributed by atoms with Crippen LogP contribution in [0.4, 0.5) is 18.9 Å². The van der Waals surface area contributed by atoms with Crippen LogP contribution in [0.25, 0.3) is 0 Å². The molecule has 4 aromatic carbocycles. The lowest BCUT2D eigenvalue weighted by molar-refractivity contribution is -0.138. The van der Waals surface area contributed by atoms with Crippen molar-refractivity contribution in [1.82, 2.24) is 5.32 Å². The van der Waals surface area contributed by atoms with Crippen molar-refractivity contribution >= 4 is 11.7 Å². The molecule has 0 fully saturated rings. The van der Waals surface area contributed by atoms with Crippen LogP contribution in [-0.2, 0) is 29.7 Å². The summed E-state index contributed by atoms with van der Waals surface area (Å²) in [5.41, 5.74) is 2.34. The van der Waals surface area contributed by atoms with Crippen LogP contribution in [0.15, 0.2) is 109 Å². The summed E-state index contributed by atoms with van der Waals surface area (Å²) in [5, 5.41) is 13.6. The van der Waals surface area contributed by atoms with Gasteiger partial charge in [-0.15, -0.1) is 0 Å². The predicted molar refractivity (Wildman–Crippen MR) is 140 cm³/mol. The molecule has 1 heterocycles. The van der Waals surface area contributed by atoms with Crippen molar-refractivity contribution in [3.8, 4) is 0 Å². The Hall–Kier alpha value is -4.10. The van der Waals surface area contributed by atoms with Gasteiger partial charge in [0.05, 0.1) is 12.0 Å². The lowest BCUT2D eigenvalue weighted by Gasteiger charge is -2.45. The molecule has 0 spiro atoms. The van der Waals surface area contributed by atoms with Crippen LogP contribution < -0.4 is 10.2 Å². The number of nitrogens with one attached hydrogen (secondary N) is 1. The average Bonchev–Trinajstić information content (AvgIpc) is 3.17. The lowest BCUT2D eigenvalue weighted by Crippen LogP contribution is -2.56. The van der Waals surface area contributed by atoms with E-state index < -0.39 is 29.3 Å². The second kappa shape index (κ2) is 10.3. The molecular weight excluding hydrogens is 489 g/mol. The minimum absolute atomic E-state index is 0.105. The quantitative estimate of drug-likeness (QED) is 0.267. The highest BCUT2D eigenvalue weighted by Gasteiger charge is 2.53. The second-order valence-corrected chi connectivity index (χ2v) is 9.47. The van der Waals surface area contributed by atoms with Gasteiger partial charge in [0, 0.05) is 24.7 Å². The number of benzene rings is 4. The van der Waals surface area contributed by atoms with Gasteiger partial charge in [0.15, 0.2) is 0 Å². The molecule has 4 aromatic rings. The summed E-state index contributed by atoms with van der Waals surface area (Å²) in [6.07, 6.45) is -4.62. The van der Waals surface area contributed by atoms with Gasteiger partial charge in [0.25, 0.3) is 0 Å². The highest BCUT2D eigenvalue weighted by Crippen LogP contribution is 2.54. The third-order valence-electron chi connectivity index (χ3n) is 7.13. The van der Waals surface area contributed by atoms with Gasteiger partial charge in [0.2, 0.25) is 0 Å². The number of carboxylic acid groups (broad SMARTS) is 1. The average molecular weight is 517 g/mol. The van der Waals surface area contributed by atoms with Crippen LogP contribution in [0, 0.1) is 0 Å². The van der Waals surface area contributed by atoms with Crippen LogP contribution >= 0.6 is 0 Å². The summed E-state index contributed by atoms with van der Waals surface area (Å²) in [7, 11) is 0. The van der Waals surface area contributed by atoms with Crippen molar-refractivity contribution < 1.29 is 23.1 Å². The Morgan fingerprint density at radius 2 is 1.47 bits per heavy atom. The molecule has 2 atom stereocenters. The smallest absolute Gasteiger partial charge is 0.416 e. The van der Waals surface area contributed by atoms with Gasteiger partial charge in [0.1, 0.15) is 5.66 Å². The van der Waals surface area contributed by atoms with Crippen molar-refractivity contribution in [3.05, 3.63) is 137 Å². The zero-order chi connectivity index (χ0) is 26.8. The summed E-state index contributed by atoms with van der Waals surface area (Å²) >= 11 is 0. The standard InChI is InChI=1S/C31H27F3N2O2/c32-31(33,34)25-15-9-12-23(18-25)20-35-30(24-13-5-2-6-14-24)27(19-29(37)38)26-16-7-8-17-28(26)36(30)21-22-10-3-1-4-11-22/h1-18,27,35H,19-21H2,(H,37,38). The molecule has 2 N–H and O–H groups in total. The van der Waals surface area contributed by atoms with E-state index in [1.165, 1.54) is 6.07 Å². The fourth-order valence-corrected chi connectivity index (χ4v) is 5.50. The number of fused-ring (bicyclic) bond motifs is 1. The molecular formula is C31H27F3N2O2. The number of carboxylic acids is 1. The molecule has 5 rings (SSSR count). The number of halogens is 3. The molecule has 2 unspecified atom stereocenters. The van der Waals surface area contributed by atoms with E-state index in [9.17, 15) is 23.1 Å². The summed E-state index contributed by atoms with van der Waals surface area (Å²) in [4.78, 5) is 14.4. The van der Waals surface area contributed by atoms with E-state index in [1.807, 2.05) is 84.9 Å². The Morgan fingerprint density at radius 3 is 2.16 bits per heavy atom. The minimum atomic E-state index is -4.46. The van der Waals surface area contributed by atoms with Crippen molar-refractivity contribution in [3.63, 3.8) is 0 Å². The van der Waals surface area contributed by atoms with Gasteiger partial charge in [-0.2, -0.15) is 13.2 Å². The van der Waals surface area contributed by atoms with E-state index in [-0.39, 0.29) is 13.0 Å². The SMILES string of the molecule is O=C(O)CC1c2ccccc2N(Cc2ccccc2)C1(NCc1cccc(C(F)(F)F)c1)c1ccccc1. The molecule has 0 saturated heterocycles. The van der Waals surface area contributed by atoms with Gasteiger partial charge < -0.3 is 10.0 Å². The highest BCUT2D eigenvalue weighted by atomic mass is 19.4. The second-order valence-electron chi connectivity index (χ2n) is 9.47. The molecule has 0 aromatic heterocycles. The number of para-hydroxylation sites is 1. The number of anilines is 1. The number of aliphatic carboxylic acids is 1. The number of alkyl halides is 3.